The summed E-state index contributed by atoms with van der Waals surface area (Å²) in [7, 11) is 0. The van der Waals surface area contributed by atoms with E-state index >= 15 is 0 Å². The van der Waals surface area contributed by atoms with Crippen LogP contribution in [0.3, 0.4) is 0 Å². The average Bonchev–Trinajstić information content (AvgIpc) is 2.51. The van der Waals surface area contributed by atoms with Crippen LogP contribution in [0.5, 0.6) is 0 Å². The molecule has 1 saturated heterocycles. The Labute approximate surface area is 128 Å². The topological polar surface area (TPSA) is 33.5 Å². The summed E-state index contributed by atoms with van der Waals surface area (Å²) in [4.78, 5) is 13.5. The van der Waals surface area contributed by atoms with Crippen LogP contribution in [0.25, 0.3) is 0 Å². The summed E-state index contributed by atoms with van der Waals surface area (Å²) in [5.41, 5.74) is 2.30. The molecule has 0 atom stereocenters. The van der Waals surface area contributed by atoms with E-state index in [0.29, 0.717) is 6.42 Å². The average molecular weight is 289 g/mol. The molecule has 1 heterocycles. The number of amides is 1. The Morgan fingerprint density at radius 2 is 1.81 bits per heavy atom. The predicted molar refractivity (Wildman–Crippen MR) is 87.5 cm³/mol. The third-order valence-electron chi connectivity index (χ3n) is 4.26. The van der Waals surface area contributed by atoms with Crippen LogP contribution in [0.1, 0.15) is 57.4 Å². The zero-order valence-corrected chi connectivity index (χ0v) is 13.3. The van der Waals surface area contributed by atoms with Gasteiger partial charge in [-0.2, -0.15) is 0 Å². The van der Waals surface area contributed by atoms with Crippen molar-refractivity contribution in [3.05, 3.63) is 29.8 Å². The lowest BCUT2D eigenvalue weighted by molar-refractivity contribution is -0.918. The fraction of sp³-hybridized carbons (Fsp3) is 0.611. The lowest BCUT2D eigenvalue weighted by Crippen LogP contribution is -3.11. The molecule has 0 spiro atoms. The maximum atomic E-state index is 11.8. The zero-order chi connectivity index (χ0) is 14.9. The summed E-state index contributed by atoms with van der Waals surface area (Å²) < 4.78 is 0. The van der Waals surface area contributed by atoms with E-state index in [1.54, 1.807) is 4.90 Å². The molecule has 116 valence electrons. The summed E-state index contributed by atoms with van der Waals surface area (Å²) in [6.45, 7) is 5.87. The standard InChI is InChI=1S/C18H28N2O/c1-2-3-5-8-18(21)19-17-11-9-16(10-12-17)15-20-13-6-4-7-14-20/h9-12H,2-8,13-15H2,1H3,(H,19,21)/p+1. The summed E-state index contributed by atoms with van der Waals surface area (Å²) in [6.07, 6.45) is 8.02. The van der Waals surface area contributed by atoms with Crippen molar-refractivity contribution in [3.63, 3.8) is 0 Å². The van der Waals surface area contributed by atoms with Crippen molar-refractivity contribution in [1.82, 2.24) is 0 Å². The number of piperidine rings is 1. The van der Waals surface area contributed by atoms with E-state index in [2.05, 4.69) is 24.4 Å². The van der Waals surface area contributed by atoms with Crippen LogP contribution in [0, 0.1) is 0 Å². The molecule has 21 heavy (non-hydrogen) atoms. The molecular formula is C18H29N2O+. The van der Waals surface area contributed by atoms with Gasteiger partial charge in [0.05, 0.1) is 13.1 Å². The molecule has 0 saturated carbocycles. The third-order valence-corrected chi connectivity index (χ3v) is 4.26. The van der Waals surface area contributed by atoms with Crippen molar-refractivity contribution in [2.75, 3.05) is 18.4 Å². The van der Waals surface area contributed by atoms with Gasteiger partial charge in [-0.15, -0.1) is 0 Å². The van der Waals surface area contributed by atoms with Crippen molar-refractivity contribution in [2.24, 2.45) is 0 Å². The van der Waals surface area contributed by atoms with Gasteiger partial charge in [-0.1, -0.05) is 31.9 Å². The minimum absolute atomic E-state index is 0.137. The molecule has 2 N–H and O–H groups in total. The first-order valence-corrected chi connectivity index (χ1v) is 8.50. The number of nitrogens with one attached hydrogen (secondary N) is 2. The van der Waals surface area contributed by atoms with E-state index in [0.717, 1.165) is 31.5 Å². The number of anilines is 1. The lowest BCUT2D eigenvalue weighted by atomic mass is 10.1. The number of unbranched alkanes of at least 4 members (excludes halogenated alkanes) is 2. The van der Waals surface area contributed by atoms with Crippen LogP contribution in [0.4, 0.5) is 5.69 Å². The normalized spacial score (nSPS) is 15.9. The largest absolute Gasteiger partial charge is 0.331 e. The molecule has 1 aliphatic heterocycles. The fourth-order valence-corrected chi connectivity index (χ4v) is 2.98. The van der Waals surface area contributed by atoms with Crippen molar-refractivity contribution in [1.29, 1.82) is 0 Å². The van der Waals surface area contributed by atoms with Crippen molar-refractivity contribution < 1.29 is 9.69 Å². The maximum absolute atomic E-state index is 11.8. The number of likely N-dealkylation sites (tertiary alicyclic amines) is 1. The first-order chi connectivity index (χ1) is 10.3. The van der Waals surface area contributed by atoms with Crippen molar-refractivity contribution >= 4 is 11.6 Å². The second kappa shape index (κ2) is 8.83. The molecular weight excluding hydrogens is 260 g/mol. The van der Waals surface area contributed by atoms with Crippen molar-refractivity contribution in [2.45, 2.75) is 58.4 Å². The Hall–Kier alpha value is -1.35. The highest BCUT2D eigenvalue weighted by atomic mass is 16.1. The van der Waals surface area contributed by atoms with Gasteiger partial charge in [0.25, 0.3) is 0 Å². The van der Waals surface area contributed by atoms with Gasteiger partial charge in [-0.25, -0.2) is 0 Å². The van der Waals surface area contributed by atoms with Crippen LogP contribution < -0.4 is 10.2 Å². The van der Waals surface area contributed by atoms with Crippen LogP contribution in [0.15, 0.2) is 24.3 Å². The quantitative estimate of drug-likeness (QED) is 0.744. The minimum atomic E-state index is 0.137. The summed E-state index contributed by atoms with van der Waals surface area (Å²) in [5.74, 6) is 0.137. The molecule has 3 nitrogen and oxygen atoms in total. The third kappa shape index (κ3) is 5.88. The van der Waals surface area contributed by atoms with E-state index in [4.69, 9.17) is 0 Å². The molecule has 2 rings (SSSR count). The molecule has 1 fully saturated rings. The van der Waals surface area contributed by atoms with Gasteiger partial charge in [0.1, 0.15) is 6.54 Å². The minimum Gasteiger partial charge on any atom is -0.331 e. The van der Waals surface area contributed by atoms with E-state index in [9.17, 15) is 4.79 Å². The van der Waals surface area contributed by atoms with Gasteiger partial charge in [0, 0.05) is 17.7 Å². The highest BCUT2D eigenvalue weighted by Gasteiger charge is 2.13. The Morgan fingerprint density at radius 3 is 2.48 bits per heavy atom. The smallest absolute Gasteiger partial charge is 0.224 e. The Morgan fingerprint density at radius 1 is 1.10 bits per heavy atom. The molecule has 0 unspecified atom stereocenters. The summed E-state index contributed by atoms with van der Waals surface area (Å²) in [5, 5.41) is 2.99. The Bertz CT molecular complexity index is 421. The molecule has 0 radical (unpaired) electrons. The fourth-order valence-electron chi connectivity index (χ4n) is 2.98. The zero-order valence-electron chi connectivity index (χ0n) is 13.3. The van der Waals surface area contributed by atoms with E-state index in [-0.39, 0.29) is 5.91 Å². The molecule has 0 bridgehead atoms. The van der Waals surface area contributed by atoms with E-state index < -0.39 is 0 Å². The second-order valence-corrected chi connectivity index (χ2v) is 6.19. The molecule has 1 aromatic rings. The predicted octanol–water partition coefficient (Wildman–Crippen LogP) is 2.77. The number of quaternary nitrogens is 1. The highest BCUT2D eigenvalue weighted by Crippen LogP contribution is 2.10. The monoisotopic (exact) mass is 289 g/mol. The van der Waals surface area contributed by atoms with Crippen LogP contribution >= 0.6 is 0 Å². The first kappa shape index (κ1) is 16.0. The molecule has 3 heteroatoms. The maximum Gasteiger partial charge on any atom is 0.224 e. The van der Waals surface area contributed by atoms with Gasteiger partial charge >= 0.3 is 0 Å². The van der Waals surface area contributed by atoms with Crippen LogP contribution in [-0.2, 0) is 11.3 Å². The number of benzene rings is 1. The number of hydrogen-bond donors (Lipinski definition) is 2. The van der Waals surface area contributed by atoms with Gasteiger partial charge in [0.2, 0.25) is 5.91 Å². The highest BCUT2D eigenvalue weighted by molar-refractivity contribution is 5.90. The molecule has 1 amide bonds. The number of carbonyl (C=O) groups is 1. The molecule has 0 aliphatic carbocycles. The van der Waals surface area contributed by atoms with Gasteiger partial charge in [0.15, 0.2) is 0 Å². The Balaban J connectivity index is 1.77. The molecule has 1 aromatic carbocycles. The Kier molecular flexibility index (Phi) is 6.74. The summed E-state index contributed by atoms with van der Waals surface area (Å²) in [6, 6.07) is 8.39. The molecule has 0 aromatic heterocycles. The van der Waals surface area contributed by atoms with E-state index in [1.165, 1.54) is 37.9 Å². The first-order valence-electron chi connectivity index (χ1n) is 8.50. The SMILES string of the molecule is CCCCCC(=O)Nc1ccc(C[NH+]2CCCCC2)cc1. The lowest BCUT2D eigenvalue weighted by Gasteiger charge is -2.23. The molecule has 1 aliphatic rings. The van der Waals surface area contributed by atoms with Crippen LogP contribution in [-0.4, -0.2) is 19.0 Å². The van der Waals surface area contributed by atoms with Gasteiger partial charge in [-0.05, 0) is 37.8 Å². The summed E-state index contributed by atoms with van der Waals surface area (Å²) >= 11 is 0. The van der Waals surface area contributed by atoms with Gasteiger partial charge in [-0.3, -0.25) is 4.79 Å². The number of hydrogen-bond acceptors (Lipinski definition) is 1. The van der Waals surface area contributed by atoms with E-state index in [1.807, 2.05) is 12.1 Å². The number of rotatable bonds is 7. The van der Waals surface area contributed by atoms with Crippen LogP contribution in [0.2, 0.25) is 0 Å². The number of carbonyl (C=O) groups excluding carboxylic acids is 1. The van der Waals surface area contributed by atoms with Gasteiger partial charge < -0.3 is 10.2 Å². The second-order valence-electron chi connectivity index (χ2n) is 6.19. The van der Waals surface area contributed by atoms with Crippen molar-refractivity contribution in [3.8, 4) is 0 Å².